The molecule has 3 amide bonds. The van der Waals surface area contributed by atoms with Crippen molar-refractivity contribution in [3.8, 4) is 0 Å². The number of thioether (sulfide) groups is 1. The normalized spacial score (nSPS) is 23.3. The first-order valence-electron chi connectivity index (χ1n) is 8.60. The Morgan fingerprint density at radius 2 is 1.91 bits per heavy atom. The van der Waals surface area contributed by atoms with Crippen molar-refractivity contribution in [3.05, 3.63) is 0 Å². The topological polar surface area (TPSA) is 75.4 Å². The van der Waals surface area contributed by atoms with Crippen LogP contribution in [-0.4, -0.2) is 47.5 Å². The number of rotatable bonds is 6. The zero-order valence-electron chi connectivity index (χ0n) is 13.4. The van der Waals surface area contributed by atoms with Gasteiger partial charge in [-0.05, 0) is 37.9 Å². The Bertz CT molecular complexity index is 372. The lowest BCUT2D eigenvalue weighted by Crippen LogP contribution is -2.47. The summed E-state index contributed by atoms with van der Waals surface area (Å²) in [6.45, 7) is 1.89. The number of piperidine rings is 1. The molecule has 1 saturated carbocycles. The standard InChI is InChI=1S/C16H29N3O2S/c17-16(21)19-10-4-6-13(12-19)15(20)18-9-5-11-22-14-7-2-1-3-8-14/h13-14H,1-12H2,(H2,17,21)(H,18,20). The highest BCUT2D eigenvalue weighted by atomic mass is 32.2. The van der Waals surface area contributed by atoms with Crippen molar-refractivity contribution >= 4 is 23.7 Å². The number of primary amides is 1. The van der Waals surface area contributed by atoms with E-state index >= 15 is 0 Å². The summed E-state index contributed by atoms with van der Waals surface area (Å²) < 4.78 is 0. The third-order valence-electron chi connectivity index (χ3n) is 4.63. The van der Waals surface area contributed by atoms with E-state index in [1.165, 1.54) is 32.1 Å². The molecule has 5 nitrogen and oxygen atoms in total. The summed E-state index contributed by atoms with van der Waals surface area (Å²) in [6, 6.07) is -0.415. The second-order valence-electron chi connectivity index (χ2n) is 6.40. The highest BCUT2D eigenvalue weighted by molar-refractivity contribution is 7.99. The zero-order valence-corrected chi connectivity index (χ0v) is 14.2. The summed E-state index contributed by atoms with van der Waals surface area (Å²) in [5.74, 6) is 1.11. The summed E-state index contributed by atoms with van der Waals surface area (Å²) in [4.78, 5) is 24.9. The summed E-state index contributed by atoms with van der Waals surface area (Å²) in [5.41, 5.74) is 5.29. The number of nitrogens with zero attached hydrogens (tertiary/aromatic N) is 1. The number of hydrogen-bond acceptors (Lipinski definition) is 3. The van der Waals surface area contributed by atoms with E-state index in [4.69, 9.17) is 5.73 Å². The second kappa shape index (κ2) is 9.28. The maximum Gasteiger partial charge on any atom is 0.314 e. The molecule has 1 aliphatic carbocycles. The van der Waals surface area contributed by atoms with Crippen LogP contribution in [0, 0.1) is 5.92 Å². The fourth-order valence-corrected chi connectivity index (χ4v) is 4.61. The Morgan fingerprint density at radius 1 is 1.14 bits per heavy atom. The quantitative estimate of drug-likeness (QED) is 0.735. The molecular formula is C16H29N3O2S. The molecule has 1 atom stereocenters. The highest BCUT2D eigenvalue weighted by Crippen LogP contribution is 2.28. The van der Waals surface area contributed by atoms with Crippen LogP contribution in [0.2, 0.25) is 0 Å². The number of carbonyl (C=O) groups excluding carboxylic acids is 2. The van der Waals surface area contributed by atoms with E-state index in [1.807, 2.05) is 0 Å². The van der Waals surface area contributed by atoms with Crippen LogP contribution in [0.4, 0.5) is 4.79 Å². The predicted octanol–water partition coefficient (Wildman–Crippen LogP) is 2.35. The Hall–Kier alpha value is -0.910. The number of nitrogens with one attached hydrogen (secondary N) is 1. The second-order valence-corrected chi connectivity index (χ2v) is 7.81. The van der Waals surface area contributed by atoms with Gasteiger partial charge < -0.3 is 16.0 Å². The largest absolute Gasteiger partial charge is 0.356 e. The van der Waals surface area contributed by atoms with E-state index < -0.39 is 6.03 Å². The molecule has 22 heavy (non-hydrogen) atoms. The van der Waals surface area contributed by atoms with Gasteiger partial charge in [-0.25, -0.2) is 4.79 Å². The van der Waals surface area contributed by atoms with E-state index in [-0.39, 0.29) is 11.8 Å². The first-order valence-corrected chi connectivity index (χ1v) is 9.65. The molecule has 2 fully saturated rings. The van der Waals surface area contributed by atoms with Crippen molar-refractivity contribution in [3.63, 3.8) is 0 Å². The minimum atomic E-state index is -0.415. The molecule has 6 heteroatoms. The number of amides is 3. The molecule has 0 bridgehead atoms. The van der Waals surface area contributed by atoms with Gasteiger partial charge >= 0.3 is 6.03 Å². The molecule has 0 spiro atoms. The Labute approximate surface area is 137 Å². The van der Waals surface area contributed by atoms with Gasteiger partial charge in [-0.2, -0.15) is 11.8 Å². The summed E-state index contributed by atoms with van der Waals surface area (Å²) >= 11 is 2.07. The van der Waals surface area contributed by atoms with Gasteiger partial charge in [0.2, 0.25) is 5.91 Å². The van der Waals surface area contributed by atoms with Crippen molar-refractivity contribution in [1.29, 1.82) is 0 Å². The lowest BCUT2D eigenvalue weighted by Gasteiger charge is -2.30. The van der Waals surface area contributed by atoms with Gasteiger partial charge in [-0.1, -0.05) is 19.3 Å². The smallest absolute Gasteiger partial charge is 0.314 e. The highest BCUT2D eigenvalue weighted by Gasteiger charge is 2.27. The van der Waals surface area contributed by atoms with Crippen LogP contribution < -0.4 is 11.1 Å². The molecular weight excluding hydrogens is 298 g/mol. The molecule has 1 saturated heterocycles. The van der Waals surface area contributed by atoms with Gasteiger partial charge in [0.05, 0.1) is 5.92 Å². The lowest BCUT2D eigenvalue weighted by atomic mass is 9.97. The van der Waals surface area contributed by atoms with Gasteiger partial charge in [0.1, 0.15) is 0 Å². The predicted molar refractivity (Wildman–Crippen MR) is 90.8 cm³/mol. The van der Waals surface area contributed by atoms with E-state index in [0.717, 1.165) is 36.8 Å². The third kappa shape index (κ3) is 5.71. The SMILES string of the molecule is NC(=O)N1CCCC(C(=O)NCCCSC2CCCCC2)C1. The minimum Gasteiger partial charge on any atom is -0.356 e. The molecule has 0 radical (unpaired) electrons. The molecule has 1 heterocycles. The average molecular weight is 327 g/mol. The first kappa shape index (κ1) is 17.4. The summed E-state index contributed by atoms with van der Waals surface area (Å²) in [7, 11) is 0. The van der Waals surface area contributed by atoms with Crippen LogP contribution in [0.25, 0.3) is 0 Å². The lowest BCUT2D eigenvalue weighted by molar-refractivity contribution is -0.126. The van der Waals surface area contributed by atoms with Crippen LogP contribution in [0.3, 0.4) is 0 Å². The Kier molecular flexibility index (Phi) is 7.36. The maximum absolute atomic E-state index is 12.1. The van der Waals surface area contributed by atoms with Crippen molar-refractivity contribution in [2.24, 2.45) is 11.7 Å². The van der Waals surface area contributed by atoms with Crippen molar-refractivity contribution in [2.45, 2.75) is 56.6 Å². The van der Waals surface area contributed by atoms with Crippen molar-refractivity contribution in [1.82, 2.24) is 10.2 Å². The molecule has 126 valence electrons. The number of hydrogen-bond donors (Lipinski definition) is 2. The molecule has 0 aromatic rings. The summed E-state index contributed by atoms with van der Waals surface area (Å²) in [6.07, 6.45) is 9.63. The van der Waals surface area contributed by atoms with Crippen LogP contribution in [0.1, 0.15) is 51.4 Å². The van der Waals surface area contributed by atoms with E-state index in [2.05, 4.69) is 17.1 Å². The van der Waals surface area contributed by atoms with E-state index in [9.17, 15) is 9.59 Å². The zero-order chi connectivity index (χ0) is 15.8. The molecule has 2 aliphatic rings. The fraction of sp³-hybridized carbons (Fsp3) is 0.875. The molecule has 0 aromatic carbocycles. The molecule has 2 rings (SSSR count). The van der Waals surface area contributed by atoms with E-state index in [1.54, 1.807) is 4.90 Å². The van der Waals surface area contributed by atoms with Crippen LogP contribution >= 0.6 is 11.8 Å². The Balaban J connectivity index is 1.56. The van der Waals surface area contributed by atoms with Gasteiger partial charge in [0, 0.05) is 24.9 Å². The van der Waals surface area contributed by atoms with Gasteiger partial charge in [0.25, 0.3) is 0 Å². The summed E-state index contributed by atoms with van der Waals surface area (Å²) in [5, 5.41) is 3.86. The van der Waals surface area contributed by atoms with Crippen molar-refractivity contribution in [2.75, 3.05) is 25.4 Å². The maximum atomic E-state index is 12.1. The molecule has 1 unspecified atom stereocenters. The number of nitrogens with two attached hydrogens (primary N) is 1. The van der Waals surface area contributed by atoms with Gasteiger partial charge in [-0.3, -0.25) is 4.79 Å². The number of carbonyl (C=O) groups is 2. The Morgan fingerprint density at radius 3 is 2.64 bits per heavy atom. The third-order valence-corrected chi connectivity index (χ3v) is 6.10. The molecule has 3 N–H and O–H groups in total. The molecule has 1 aliphatic heterocycles. The van der Waals surface area contributed by atoms with E-state index in [0.29, 0.717) is 13.1 Å². The van der Waals surface area contributed by atoms with Crippen LogP contribution in [0.5, 0.6) is 0 Å². The van der Waals surface area contributed by atoms with Crippen LogP contribution in [-0.2, 0) is 4.79 Å². The van der Waals surface area contributed by atoms with Gasteiger partial charge in [0.15, 0.2) is 0 Å². The number of likely N-dealkylation sites (tertiary alicyclic amines) is 1. The molecule has 0 aromatic heterocycles. The van der Waals surface area contributed by atoms with Crippen LogP contribution in [0.15, 0.2) is 0 Å². The fourth-order valence-electron chi connectivity index (χ4n) is 3.30. The van der Waals surface area contributed by atoms with Gasteiger partial charge in [-0.15, -0.1) is 0 Å². The number of urea groups is 1. The van der Waals surface area contributed by atoms with Crippen molar-refractivity contribution < 1.29 is 9.59 Å². The minimum absolute atomic E-state index is 0.0774. The first-order chi connectivity index (χ1) is 10.7. The monoisotopic (exact) mass is 327 g/mol. The average Bonchev–Trinajstić information content (AvgIpc) is 2.55.